The Labute approximate surface area is 156 Å². The zero-order valence-corrected chi connectivity index (χ0v) is 15.2. The maximum Gasteiger partial charge on any atom is 0.319 e. The van der Waals surface area contributed by atoms with E-state index in [1.165, 1.54) is 30.0 Å². The van der Waals surface area contributed by atoms with Gasteiger partial charge in [0.15, 0.2) is 0 Å². The van der Waals surface area contributed by atoms with E-state index in [0.717, 1.165) is 6.42 Å². The Hall–Kier alpha value is -2.96. The van der Waals surface area contributed by atoms with Gasteiger partial charge < -0.3 is 15.5 Å². The summed E-state index contributed by atoms with van der Waals surface area (Å²) in [5.41, 5.74) is -0.0512. The van der Waals surface area contributed by atoms with Crippen LogP contribution in [0.4, 0.5) is 25.0 Å². The summed E-state index contributed by atoms with van der Waals surface area (Å²) in [6, 6.07) is 9.91. The fraction of sp³-hybridized carbons (Fsp3) is 0.300. The lowest BCUT2D eigenvalue weighted by molar-refractivity contribution is -0.116. The van der Waals surface area contributed by atoms with Gasteiger partial charge in [-0.25, -0.2) is 13.6 Å². The number of anilines is 2. The minimum absolute atomic E-state index is 0.100. The van der Waals surface area contributed by atoms with Crippen molar-refractivity contribution in [1.29, 1.82) is 0 Å². The molecule has 0 radical (unpaired) electrons. The zero-order chi connectivity index (χ0) is 19.6. The fourth-order valence-electron chi connectivity index (χ4n) is 3.28. The van der Waals surface area contributed by atoms with Gasteiger partial charge >= 0.3 is 6.03 Å². The number of rotatable bonds is 4. The second-order valence-corrected chi connectivity index (χ2v) is 6.74. The van der Waals surface area contributed by atoms with Crippen LogP contribution in [0.25, 0.3) is 0 Å². The average molecular weight is 373 g/mol. The summed E-state index contributed by atoms with van der Waals surface area (Å²) in [4.78, 5) is 25.4. The minimum Gasteiger partial charge on any atom is -0.328 e. The maximum absolute atomic E-state index is 14.2. The molecule has 3 rings (SSSR count). The van der Waals surface area contributed by atoms with Crippen molar-refractivity contribution in [2.75, 3.05) is 17.3 Å². The molecule has 0 spiro atoms. The first-order valence-corrected chi connectivity index (χ1v) is 8.70. The second-order valence-electron chi connectivity index (χ2n) is 6.74. The van der Waals surface area contributed by atoms with E-state index in [1.807, 2.05) is 0 Å². The number of halogens is 2. The molecule has 7 heteroatoms. The Morgan fingerprint density at radius 3 is 2.26 bits per heavy atom. The van der Waals surface area contributed by atoms with Crippen molar-refractivity contribution in [3.8, 4) is 0 Å². The van der Waals surface area contributed by atoms with Crippen molar-refractivity contribution in [3.63, 3.8) is 0 Å². The molecule has 1 saturated carbocycles. The molecular formula is C20H21F2N3O2. The SMILES string of the molecule is CC(=O)N(C)c1cccc(NC(=O)NC2(c3c(F)cccc3F)CCC2)c1. The fourth-order valence-corrected chi connectivity index (χ4v) is 3.28. The smallest absolute Gasteiger partial charge is 0.319 e. The molecule has 27 heavy (non-hydrogen) atoms. The molecule has 0 bridgehead atoms. The van der Waals surface area contributed by atoms with E-state index in [1.54, 1.807) is 31.3 Å². The number of carbonyl (C=O) groups excluding carboxylic acids is 2. The molecule has 5 nitrogen and oxygen atoms in total. The molecule has 3 amide bonds. The summed E-state index contributed by atoms with van der Waals surface area (Å²) >= 11 is 0. The third kappa shape index (κ3) is 3.77. The lowest BCUT2D eigenvalue weighted by Crippen LogP contribution is -2.53. The molecule has 0 aromatic heterocycles. The van der Waals surface area contributed by atoms with Gasteiger partial charge in [-0.3, -0.25) is 4.79 Å². The first-order valence-electron chi connectivity index (χ1n) is 8.70. The monoisotopic (exact) mass is 373 g/mol. The van der Waals surface area contributed by atoms with Crippen LogP contribution in [0.2, 0.25) is 0 Å². The van der Waals surface area contributed by atoms with Crippen molar-refractivity contribution in [2.24, 2.45) is 0 Å². The van der Waals surface area contributed by atoms with E-state index in [0.29, 0.717) is 24.2 Å². The van der Waals surface area contributed by atoms with Gasteiger partial charge in [0, 0.05) is 30.9 Å². The van der Waals surface area contributed by atoms with E-state index in [-0.39, 0.29) is 11.5 Å². The van der Waals surface area contributed by atoms with Crippen molar-refractivity contribution in [2.45, 2.75) is 31.7 Å². The number of carbonyl (C=O) groups is 2. The van der Waals surface area contributed by atoms with E-state index in [9.17, 15) is 18.4 Å². The Morgan fingerprint density at radius 1 is 1.07 bits per heavy atom. The van der Waals surface area contributed by atoms with Gasteiger partial charge in [-0.05, 0) is 49.6 Å². The lowest BCUT2D eigenvalue weighted by atomic mass is 9.71. The van der Waals surface area contributed by atoms with E-state index in [4.69, 9.17) is 0 Å². The molecular weight excluding hydrogens is 352 g/mol. The van der Waals surface area contributed by atoms with E-state index in [2.05, 4.69) is 10.6 Å². The van der Waals surface area contributed by atoms with Crippen molar-refractivity contribution in [1.82, 2.24) is 5.32 Å². The second kappa shape index (κ2) is 7.34. The Bertz CT molecular complexity index is 861. The largest absolute Gasteiger partial charge is 0.328 e. The third-order valence-electron chi connectivity index (χ3n) is 4.96. The van der Waals surface area contributed by atoms with Crippen LogP contribution in [0.3, 0.4) is 0 Å². The molecule has 2 aromatic rings. The summed E-state index contributed by atoms with van der Waals surface area (Å²) in [7, 11) is 1.63. The number of nitrogens with one attached hydrogen (secondary N) is 2. The van der Waals surface area contributed by atoms with Crippen LogP contribution >= 0.6 is 0 Å². The summed E-state index contributed by atoms with van der Waals surface area (Å²) in [5, 5.41) is 5.41. The molecule has 0 heterocycles. The topological polar surface area (TPSA) is 61.4 Å². The van der Waals surface area contributed by atoms with Gasteiger partial charge in [0.1, 0.15) is 11.6 Å². The first kappa shape index (κ1) is 18.8. The molecule has 2 N–H and O–H groups in total. The predicted octanol–water partition coefficient (Wildman–Crippen LogP) is 4.15. The van der Waals surface area contributed by atoms with Crippen LogP contribution in [0.15, 0.2) is 42.5 Å². The van der Waals surface area contributed by atoms with Gasteiger partial charge in [0.25, 0.3) is 0 Å². The highest BCUT2D eigenvalue weighted by atomic mass is 19.1. The number of nitrogens with zero attached hydrogens (tertiary/aromatic N) is 1. The zero-order valence-electron chi connectivity index (χ0n) is 15.2. The molecule has 142 valence electrons. The van der Waals surface area contributed by atoms with Gasteiger partial charge in [0.2, 0.25) is 5.91 Å². The quantitative estimate of drug-likeness (QED) is 0.846. The normalized spacial score (nSPS) is 14.8. The summed E-state index contributed by atoms with van der Waals surface area (Å²) in [6.07, 6.45) is 1.70. The van der Waals surface area contributed by atoms with Crippen molar-refractivity contribution < 1.29 is 18.4 Å². The van der Waals surface area contributed by atoms with Crippen LogP contribution < -0.4 is 15.5 Å². The Morgan fingerprint density at radius 2 is 1.70 bits per heavy atom. The molecule has 0 unspecified atom stereocenters. The highest BCUT2D eigenvalue weighted by Gasteiger charge is 2.44. The molecule has 1 aliphatic carbocycles. The van der Waals surface area contributed by atoms with Gasteiger partial charge in [-0.1, -0.05) is 12.1 Å². The van der Waals surface area contributed by atoms with Crippen LogP contribution in [-0.4, -0.2) is 19.0 Å². The van der Waals surface area contributed by atoms with Crippen molar-refractivity contribution >= 4 is 23.3 Å². The molecule has 0 atom stereocenters. The summed E-state index contributed by atoms with van der Waals surface area (Å²) < 4.78 is 28.4. The van der Waals surface area contributed by atoms with Crippen LogP contribution in [0.1, 0.15) is 31.7 Å². The maximum atomic E-state index is 14.2. The highest BCUT2D eigenvalue weighted by molar-refractivity contribution is 5.94. The van der Waals surface area contributed by atoms with Gasteiger partial charge in [-0.2, -0.15) is 0 Å². The third-order valence-corrected chi connectivity index (χ3v) is 4.96. The Balaban J connectivity index is 1.77. The predicted molar refractivity (Wildman–Crippen MR) is 99.6 cm³/mol. The summed E-state index contributed by atoms with van der Waals surface area (Å²) in [5.74, 6) is -1.47. The lowest BCUT2D eigenvalue weighted by Gasteiger charge is -2.43. The molecule has 1 aliphatic rings. The summed E-state index contributed by atoms with van der Waals surface area (Å²) in [6.45, 7) is 1.44. The van der Waals surface area contributed by atoms with Gasteiger partial charge in [0.05, 0.1) is 5.54 Å². The number of hydrogen-bond acceptors (Lipinski definition) is 2. The Kier molecular flexibility index (Phi) is 5.12. The van der Waals surface area contributed by atoms with Crippen LogP contribution in [-0.2, 0) is 10.3 Å². The van der Waals surface area contributed by atoms with Crippen molar-refractivity contribution in [3.05, 3.63) is 59.7 Å². The highest BCUT2D eigenvalue weighted by Crippen LogP contribution is 2.43. The molecule has 1 fully saturated rings. The number of urea groups is 1. The van der Waals surface area contributed by atoms with Gasteiger partial charge in [-0.15, -0.1) is 0 Å². The first-order chi connectivity index (χ1) is 12.8. The van der Waals surface area contributed by atoms with E-state index >= 15 is 0 Å². The standard InChI is InChI=1S/C20H21F2N3O2/c1-13(26)25(2)15-7-3-6-14(12-15)23-19(27)24-20(10-5-11-20)18-16(21)8-4-9-17(18)22/h3-4,6-9,12H,5,10-11H2,1-2H3,(H2,23,24,27). The number of amides is 3. The van der Waals surface area contributed by atoms with Crippen LogP contribution in [0.5, 0.6) is 0 Å². The number of hydrogen-bond donors (Lipinski definition) is 2. The molecule has 0 aliphatic heterocycles. The average Bonchev–Trinajstić information content (AvgIpc) is 2.58. The van der Waals surface area contributed by atoms with E-state index < -0.39 is 23.2 Å². The molecule has 2 aromatic carbocycles. The minimum atomic E-state index is -1.05. The van der Waals surface area contributed by atoms with Crippen LogP contribution in [0, 0.1) is 11.6 Å². The molecule has 0 saturated heterocycles. The number of benzene rings is 2.